The van der Waals surface area contributed by atoms with E-state index in [4.69, 9.17) is 5.73 Å². The first-order valence-corrected chi connectivity index (χ1v) is 8.14. The maximum Gasteiger partial charge on any atom is 0.202 e. The van der Waals surface area contributed by atoms with Gasteiger partial charge in [-0.3, -0.25) is 14.1 Å². The van der Waals surface area contributed by atoms with Crippen LogP contribution in [0.25, 0.3) is 11.2 Å². The van der Waals surface area contributed by atoms with Crippen molar-refractivity contribution in [3.63, 3.8) is 0 Å². The van der Waals surface area contributed by atoms with Gasteiger partial charge in [0.05, 0.1) is 11.7 Å². The second-order valence-electron chi connectivity index (χ2n) is 6.39. The van der Waals surface area contributed by atoms with Crippen LogP contribution in [0.4, 0.5) is 5.95 Å². The lowest BCUT2D eigenvalue weighted by Crippen LogP contribution is -2.38. The van der Waals surface area contributed by atoms with E-state index in [9.17, 15) is 0 Å². The van der Waals surface area contributed by atoms with Crippen LogP contribution >= 0.6 is 0 Å². The molecule has 2 aromatic rings. The molecular weight excluding hydrogens is 264 g/mol. The second-order valence-corrected chi connectivity index (χ2v) is 6.39. The lowest BCUT2D eigenvalue weighted by Gasteiger charge is -2.33. The minimum atomic E-state index is 0.454. The highest BCUT2D eigenvalue weighted by Crippen LogP contribution is 2.38. The molecule has 0 amide bonds. The van der Waals surface area contributed by atoms with Crippen molar-refractivity contribution < 1.29 is 0 Å². The van der Waals surface area contributed by atoms with Crippen LogP contribution in [0.5, 0.6) is 0 Å². The number of hydrogen-bond acceptors (Lipinski definition) is 4. The SMILES string of the molecule is CCc1nn(C)c2c1nc(N)n2C1CCN2CCCCC12. The summed E-state index contributed by atoms with van der Waals surface area (Å²) in [5.74, 6) is 0.658. The van der Waals surface area contributed by atoms with E-state index < -0.39 is 0 Å². The van der Waals surface area contributed by atoms with Crippen molar-refractivity contribution in [3.8, 4) is 0 Å². The van der Waals surface area contributed by atoms with E-state index in [0.29, 0.717) is 18.0 Å². The summed E-state index contributed by atoms with van der Waals surface area (Å²) in [5.41, 5.74) is 9.43. The fraction of sp³-hybridized carbons (Fsp3) is 0.733. The molecule has 0 aromatic carbocycles. The van der Waals surface area contributed by atoms with E-state index >= 15 is 0 Å². The van der Waals surface area contributed by atoms with Crippen molar-refractivity contribution >= 4 is 17.1 Å². The molecule has 0 aliphatic carbocycles. The quantitative estimate of drug-likeness (QED) is 0.913. The molecule has 21 heavy (non-hydrogen) atoms. The molecule has 2 unspecified atom stereocenters. The standard InChI is InChI=1S/C15H24N6/c1-3-10-13-14(19(2)18-10)21(15(16)17-13)12-7-9-20-8-5-4-6-11(12)20/h11-12H,3-9H2,1-2H3,(H2,16,17). The number of hydrogen-bond donors (Lipinski definition) is 1. The molecule has 0 radical (unpaired) electrons. The molecule has 2 aromatic heterocycles. The molecule has 114 valence electrons. The van der Waals surface area contributed by atoms with Gasteiger partial charge in [0, 0.05) is 19.6 Å². The summed E-state index contributed by atoms with van der Waals surface area (Å²) in [7, 11) is 2.01. The van der Waals surface area contributed by atoms with Gasteiger partial charge in [-0.1, -0.05) is 13.3 Å². The van der Waals surface area contributed by atoms with Gasteiger partial charge < -0.3 is 5.73 Å². The van der Waals surface area contributed by atoms with Gasteiger partial charge >= 0.3 is 0 Å². The molecule has 2 saturated heterocycles. The number of fused-ring (bicyclic) bond motifs is 2. The van der Waals surface area contributed by atoms with Crippen LogP contribution in [-0.2, 0) is 13.5 Å². The Morgan fingerprint density at radius 3 is 2.86 bits per heavy atom. The molecule has 2 atom stereocenters. The number of aromatic nitrogens is 4. The van der Waals surface area contributed by atoms with Crippen LogP contribution < -0.4 is 5.73 Å². The first kappa shape index (κ1) is 13.1. The van der Waals surface area contributed by atoms with E-state index in [0.717, 1.165) is 23.3 Å². The Hall–Kier alpha value is -1.56. The molecule has 2 aliphatic rings. The normalized spacial score (nSPS) is 26.6. The Morgan fingerprint density at radius 1 is 1.19 bits per heavy atom. The number of aryl methyl sites for hydroxylation is 2. The highest BCUT2D eigenvalue weighted by atomic mass is 15.4. The Bertz CT molecular complexity index is 669. The molecule has 0 saturated carbocycles. The molecule has 0 spiro atoms. The van der Waals surface area contributed by atoms with Gasteiger partial charge in [0.1, 0.15) is 5.52 Å². The smallest absolute Gasteiger partial charge is 0.202 e. The molecule has 4 heterocycles. The molecule has 2 N–H and O–H groups in total. The molecule has 0 bridgehead atoms. The zero-order valence-corrected chi connectivity index (χ0v) is 12.9. The summed E-state index contributed by atoms with van der Waals surface area (Å²) in [4.78, 5) is 7.26. The summed E-state index contributed by atoms with van der Waals surface area (Å²) < 4.78 is 4.22. The molecule has 6 heteroatoms. The second kappa shape index (κ2) is 4.73. The van der Waals surface area contributed by atoms with E-state index in [1.54, 1.807) is 0 Å². The average molecular weight is 288 g/mol. The number of nitrogen functional groups attached to an aromatic ring is 1. The third kappa shape index (κ3) is 1.81. The number of piperidine rings is 1. The van der Waals surface area contributed by atoms with Crippen molar-refractivity contribution in [1.82, 2.24) is 24.2 Å². The maximum absolute atomic E-state index is 6.28. The van der Waals surface area contributed by atoms with Gasteiger partial charge in [-0.25, -0.2) is 4.98 Å². The van der Waals surface area contributed by atoms with Crippen molar-refractivity contribution in [2.24, 2.45) is 7.05 Å². The predicted octanol–water partition coefficient (Wildman–Crippen LogP) is 1.71. The molecule has 6 nitrogen and oxygen atoms in total. The molecular formula is C15H24N6. The summed E-state index contributed by atoms with van der Waals surface area (Å²) in [6.07, 6.45) is 6.02. The number of rotatable bonds is 2. The van der Waals surface area contributed by atoms with Crippen LogP contribution in [0.1, 0.15) is 44.3 Å². The van der Waals surface area contributed by atoms with Gasteiger partial charge in [0.2, 0.25) is 5.95 Å². The maximum atomic E-state index is 6.28. The fourth-order valence-corrected chi connectivity index (χ4v) is 4.31. The minimum absolute atomic E-state index is 0.454. The Labute approximate surface area is 124 Å². The van der Waals surface area contributed by atoms with Crippen LogP contribution in [0.2, 0.25) is 0 Å². The summed E-state index contributed by atoms with van der Waals surface area (Å²) in [5, 5.41) is 4.61. The van der Waals surface area contributed by atoms with E-state index in [1.165, 1.54) is 38.8 Å². The summed E-state index contributed by atoms with van der Waals surface area (Å²) in [6, 6.07) is 1.08. The van der Waals surface area contributed by atoms with E-state index in [2.05, 4.69) is 26.5 Å². The van der Waals surface area contributed by atoms with Crippen molar-refractivity contribution in [2.45, 2.75) is 51.1 Å². The predicted molar refractivity (Wildman–Crippen MR) is 83.2 cm³/mol. The van der Waals surface area contributed by atoms with Crippen LogP contribution in [0.15, 0.2) is 0 Å². The Balaban J connectivity index is 1.83. The van der Waals surface area contributed by atoms with E-state index in [1.807, 2.05) is 11.7 Å². The molecule has 4 rings (SSSR count). The van der Waals surface area contributed by atoms with Crippen LogP contribution in [-0.4, -0.2) is 43.4 Å². The molecule has 2 fully saturated rings. The van der Waals surface area contributed by atoms with Gasteiger partial charge in [-0.2, -0.15) is 5.10 Å². The lowest BCUT2D eigenvalue weighted by atomic mass is 9.99. The van der Waals surface area contributed by atoms with Crippen molar-refractivity contribution in [3.05, 3.63) is 5.69 Å². The largest absolute Gasteiger partial charge is 0.369 e. The highest BCUT2D eigenvalue weighted by Gasteiger charge is 2.38. The van der Waals surface area contributed by atoms with Gasteiger partial charge in [-0.05, 0) is 32.2 Å². The number of nitrogens with zero attached hydrogens (tertiary/aromatic N) is 5. The average Bonchev–Trinajstić information content (AvgIpc) is 3.13. The summed E-state index contributed by atoms with van der Waals surface area (Å²) >= 11 is 0. The molecule has 2 aliphatic heterocycles. The van der Waals surface area contributed by atoms with Crippen molar-refractivity contribution in [2.75, 3.05) is 18.8 Å². The summed E-state index contributed by atoms with van der Waals surface area (Å²) in [6.45, 7) is 4.55. The van der Waals surface area contributed by atoms with Crippen LogP contribution in [0.3, 0.4) is 0 Å². The Morgan fingerprint density at radius 2 is 2.05 bits per heavy atom. The van der Waals surface area contributed by atoms with Gasteiger partial charge in [-0.15, -0.1) is 0 Å². The first-order valence-electron chi connectivity index (χ1n) is 8.14. The van der Waals surface area contributed by atoms with Gasteiger partial charge in [0.15, 0.2) is 5.65 Å². The zero-order chi connectivity index (χ0) is 14.6. The number of nitrogens with two attached hydrogens (primary N) is 1. The fourth-order valence-electron chi connectivity index (χ4n) is 4.31. The monoisotopic (exact) mass is 288 g/mol. The first-order chi connectivity index (χ1) is 10.2. The van der Waals surface area contributed by atoms with E-state index in [-0.39, 0.29) is 0 Å². The van der Waals surface area contributed by atoms with Crippen molar-refractivity contribution in [1.29, 1.82) is 0 Å². The van der Waals surface area contributed by atoms with Gasteiger partial charge in [0.25, 0.3) is 0 Å². The Kier molecular flexibility index (Phi) is 2.96. The van der Waals surface area contributed by atoms with Crippen LogP contribution in [0, 0.1) is 0 Å². The third-order valence-electron chi connectivity index (χ3n) is 5.25. The topological polar surface area (TPSA) is 64.9 Å². The number of anilines is 1. The lowest BCUT2D eigenvalue weighted by molar-refractivity contribution is 0.175. The number of imidazole rings is 1. The zero-order valence-electron chi connectivity index (χ0n) is 12.9. The third-order valence-corrected chi connectivity index (χ3v) is 5.25. The minimum Gasteiger partial charge on any atom is -0.369 e. The highest BCUT2D eigenvalue weighted by molar-refractivity contribution is 5.78.